The van der Waals surface area contributed by atoms with Crippen molar-refractivity contribution in [3.8, 4) is 6.07 Å². The molecule has 92 valence electrons. The first-order chi connectivity index (χ1) is 8.04. The van der Waals surface area contributed by atoms with Crippen LogP contribution in [0.2, 0.25) is 4.34 Å². The first kappa shape index (κ1) is 12.8. The summed E-state index contributed by atoms with van der Waals surface area (Å²) in [5, 5.41) is 8.73. The van der Waals surface area contributed by atoms with Gasteiger partial charge in [0.1, 0.15) is 4.21 Å². The normalized spacial score (nSPS) is 22.2. The van der Waals surface area contributed by atoms with Crippen LogP contribution in [0.3, 0.4) is 0 Å². The van der Waals surface area contributed by atoms with Crippen LogP contribution < -0.4 is 0 Å². The molecule has 5 nitrogen and oxygen atoms in total. The van der Waals surface area contributed by atoms with E-state index in [1.807, 2.05) is 6.07 Å². The van der Waals surface area contributed by atoms with Crippen molar-refractivity contribution in [2.24, 2.45) is 0 Å². The van der Waals surface area contributed by atoms with Gasteiger partial charge in [-0.25, -0.2) is 8.42 Å². The quantitative estimate of drug-likeness (QED) is 0.824. The van der Waals surface area contributed by atoms with Crippen LogP contribution in [0.5, 0.6) is 0 Å². The Labute approximate surface area is 108 Å². The summed E-state index contributed by atoms with van der Waals surface area (Å²) in [5.74, 6) is 0. The minimum atomic E-state index is -3.55. The first-order valence-corrected chi connectivity index (χ1v) is 7.44. The van der Waals surface area contributed by atoms with Crippen molar-refractivity contribution in [2.75, 3.05) is 19.7 Å². The Morgan fingerprint density at radius 3 is 2.94 bits per heavy atom. The van der Waals surface area contributed by atoms with Gasteiger partial charge in [-0.1, -0.05) is 11.6 Å². The highest BCUT2D eigenvalue weighted by atomic mass is 35.5. The summed E-state index contributed by atoms with van der Waals surface area (Å²) in [6.45, 7) is 0.556. The van der Waals surface area contributed by atoms with Crippen molar-refractivity contribution >= 4 is 33.0 Å². The van der Waals surface area contributed by atoms with Crippen LogP contribution in [-0.4, -0.2) is 38.5 Å². The van der Waals surface area contributed by atoms with Crippen LogP contribution in [0.1, 0.15) is 0 Å². The monoisotopic (exact) mass is 292 g/mol. The minimum absolute atomic E-state index is 0.0638. The zero-order chi connectivity index (χ0) is 12.5. The van der Waals surface area contributed by atoms with Crippen molar-refractivity contribution in [1.29, 1.82) is 5.26 Å². The van der Waals surface area contributed by atoms with Gasteiger partial charge in [-0.3, -0.25) is 0 Å². The number of halogens is 1. The molecule has 17 heavy (non-hydrogen) atoms. The summed E-state index contributed by atoms with van der Waals surface area (Å²) in [4.78, 5) is 0. The maximum atomic E-state index is 12.2. The van der Waals surface area contributed by atoms with Crippen molar-refractivity contribution in [2.45, 2.75) is 10.3 Å². The molecule has 2 rings (SSSR count). The second-order valence-electron chi connectivity index (χ2n) is 3.41. The molecule has 0 amide bonds. The maximum Gasteiger partial charge on any atom is 0.252 e. The van der Waals surface area contributed by atoms with E-state index in [1.54, 1.807) is 6.07 Å². The predicted octanol–water partition coefficient (Wildman–Crippen LogP) is 1.31. The number of ether oxygens (including phenoxy) is 1. The molecule has 0 spiro atoms. The molecule has 0 bridgehead atoms. The fourth-order valence-corrected chi connectivity index (χ4v) is 4.55. The van der Waals surface area contributed by atoms with Crippen LogP contribution in [0.15, 0.2) is 16.3 Å². The number of hydrogen-bond donors (Lipinski definition) is 0. The van der Waals surface area contributed by atoms with Crippen LogP contribution in [-0.2, 0) is 14.8 Å². The highest BCUT2D eigenvalue weighted by Crippen LogP contribution is 2.28. The second kappa shape index (κ2) is 4.92. The molecule has 1 atom stereocenters. The lowest BCUT2D eigenvalue weighted by Crippen LogP contribution is -2.44. The van der Waals surface area contributed by atoms with Gasteiger partial charge in [-0.2, -0.15) is 9.57 Å². The van der Waals surface area contributed by atoms with Gasteiger partial charge in [0.05, 0.1) is 23.6 Å². The van der Waals surface area contributed by atoms with Gasteiger partial charge in [0, 0.05) is 6.54 Å². The smallest absolute Gasteiger partial charge is 0.252 e. The molecule has 0 aromatic carbocycles. The molecule has 0 aliphatic carbocycles. The molecular formula is C9H9ClN2O3S2. The molecule has 1 unspecified atom stereocenters. The summed E-state index contributed by atoms with van der Waals surface area (Å²) in [6, 6.07) is 4.93. The van der Waals surface area contributed by atoms with Crippen molar-refractivity contribution in [1.82, 2.24) is 4.31 Å². The number of sulfonamides is 1. The Balaban J connectivity index is 2.24. The number of rotatable bonds is 2. The lowest BCUT2D eigenvalue weighted by Gasteiger charge is -2.28. The van der Waals surface area contributed by atoms with E-state index in [0.29, 0.717) is 4.34 Å². The Kier molecular flexibility index (Phi) is 3.70. The Hall–Kier alpha value is -0.650. The van der Waals surface area contributed by atoms with E-state index in [0.717, 1.165) is 11.3 Å². The van der Waals surface area contributed by atoms with Gasteiger partial charge < -0.3 is 4.74 Å². The van der Waals surface area contributed by atoms with Gasteiger partial charge in [0.2, 0.25) is 0 Å². The predicted molar refractivity (Wildman–Crippen MR) is 63.4 cm³/mol. The summed E-state index contributed by atoms with van der Waals surface area (Å²) in [7, 11) is -3.55. The molecule has 1 fully saturated rings. The fraction of sp³-hybridized carbons (Fsp3) is 0.444. The van der Waals surface area contributed by atoms with Crippen molar-refractivity contribution in [3.05, 3.63) is 16.5 Å². The number of hydrogen-bond acceptors (Lipinski definition) is 5. The van der Waals surface area contributed by atoms with Gasteiger partial charge >= 0.3 is 0 Å². The molecule has 1 saturated heterocycles. The van der Waals surface area contributed by atoms with Gasteiger partial charge in [-0.15, -0.1) is 11.3 Å². The molecule has 0 saturated carbocycles. The molecule has 0 radical (unpaired) electrons. The van der Waals surface area contributed by atoms with Crippen molar-refractivity contribution < 1.29 is 13.2 Å². The van der Waals surface area contributed by atoms with Gasteiger partial charge in [0.25, 0.3) is 10.0 Å². The summed E-state index contributed by atoms with van der Waals surface area (Å²) >= 11 is 6.73. The Morgan fingerprint density at radius 1 is 1.59 bits per heavy atom. The lowest BCUT2D eigenvalue weighted by molar-refractivity contribution is 0.0312. The molecule has 1 aromatic heterocycles. The minimum Gasteiger partial charge on any atom is -0.361 e. The molecular weight excluding hydrogens is 284 g/mol. The first-order valence-electron chi connectivity index (χ1n) is 4.81. The molecule has 8 heteroatoms. The topological polar surface area (TPSA) is 70.4 Å². The van der Waals surface area contributed by atoms with Crippen LogP contribution >= 0.6 is 22.9 Å². The summed E-state index contributed by atoms with van der Waals surface area (Å²) < 4.78 is 31.3. The zero-order valence-electron chi connectivity index (χ0n) is 8.67. The van der Waals surface area contributed by atoms with E-state index in [1.165, 1.54) is 10.4 Å². The highest BCUT2D eigenvalue weighted by molar-refractivity contribution is 7.91. The number of morpholine rings is 1. The Bertz CT molecular complexity index is 549. The molecule has 1 aliphatic rings. The molecule has 1 aliphatic heterocycles. The van der Waals surface area contributed by atoms with E-state index in [2.05, 4.69) is 0 Å². The summed E-state index contributed by atoms with van der Waals surface area (Å²) in [5.41, 5.74) is 0. The second-order valence-corrected chi connectivity index (χ2v) is 7.29. The zero-order valence-corrected chi connectivity index (χ0v) is 11.1. The van der Waals surface area contributed by atoms with Crippen molar-refractivity contribution in [3.63, 3.8) is 0 Å². The molecule has 1 aromatic rings. The van der Waals surface area contributed by atoms with E-state index in [9.17, 15) is 8.42 Å². The largest absolute Gasteiger partial charge is 0.361 e. The lowest BCUT2D eigenvalue weighted by atomic mass is 10.3. The average Bonchev–Trinajstić information content (AvgIpc) is 2.76. The highest BCUT2D eigenvalue weighted by Gasteiger charge is 2.31. The third-order valence-corrected chi connectivity index (χ3v) is 5.88. The third-order valence-electron chi connectivity index (χ3n) is 2.32. The Morgan fingerprint density at radius 2 is 2.35 bits per heavy atom. The average molecular weight is 293 g/mol. The maximum absolute atomic E-state index is 12.2. The van der Waals surface area contributed by atoms with Crippen LogP contribution in [0.25, 0.3) is 0 Å². The van der Waals surface area contributed by atoms with Gasteiger partial charge in [-0.05, 0) is 12.1 Å². The molecule has 2 heterocycles. The van der Waals surface area contributed by atoms with Crippen LogP contribution in [0, 0.1) is 11.3 Å². The standard InChI is InChI=1S/C9H9ClN2O3S2/c10-8-1-2-9(16-8)17(13,14)12-3-4-15-7(5-11)6-12/h1-2,7H,3-4,6H2. The fourth-order valence-electron chi connectivity index (χ4n) is 1.49. The SMILES string of the molecule is N#CC1CN(S(=O)(=O)c2ccc(Cl)s2)CCO1. The number of nitriles is 1. The summed E-state index contributed by atoms with van der Waals surface area (Å²) in [6.07, 6.45) is -0.700. The van der Waals surface area contributed by atoms with E-state index in [4.69, 9.17) is 21.6 Å². The number of thiophene rings is 1. The van der Waals surface area contributed by atoms with E-state index < -0.39 is 16.1 Å². The van der Waals surface area contributed by atoms with Gasteiger partial charge in [0.15, 0.2) is 6.10 Å². The van der Waals surface area contributed by atoms with Crippen LogP contribution in [0.4, 0.5) is 0 Å². The molecule has 0 N–H and O–H groups in total. The van der Waals surface area contributed by atoms with E-state index in [-0.39, 0.29) is 23.9 Å². The number of nitrogens with zero attached hydrogens (tertiary/aromatic N) is 2. The van der Waals surface area contributed by atoms with E-state index >= 15 is 0 Å². The third kappa shape index (κ3) is 2.61.